The Hall–Kier alpha value is -2.40. The van der Waals surface area contributed by atoms with Crippen LogP contribution in [0.15, 0.2) is 48.5 Å². The van der Waals surface area contributed by atoms with E-state index in [2.05, 4.69) is 5.32 Å². The zero-order valence-electron chi connectivity index (χ0n) is 12.8. The number of nitrogens with zero attached hydrogens (tertiary/aromatic N) is 1. The van der Waals surface area contributed by atoms with E-state index in [0.717, 1.165) is 11.3 Å². The van der Waals surface area contributed by atoms with Gasteiger partial charge in [0.05, 0.1) is 0 Å². The second-order valence-corrected chi connectivity index (χ2v) is 6.09. The minimum absolute atomic E-state index is 0.214. The molecule has 2 amide bonds. The average molecular weight is 347 g/mol. The fraction of sp³-hybridized carbons (Fsp3) is 0.222. The molecule has 0 bridgehead atoms. The van der Waals surface area contributed by atoms with Gasteiger partial charge < -0.3 is 10.2 Å². The predicted octanol–water partition coefficient (Wildman–Crippen LogP) is 3.15. The van der Waals surface area contributed by atoms with Crippen molar-refractivity contribution in [1.29, 1.82) is 0 Å². The molecule has 2 aromatic carbocycles. The molecule has 2 aromatic rings. The fourth-order valence-corrected chi connectivity index (χ4v) is 2.84. The number of halogens is 2. The number of benzene rings is 2. The number of carbonyl (C=O) groups excluding carboxylic acids is 2. The van der Waals surface area contributed by atoms with E-state index in [1.54, 1.807) is 41.3 Å². The molecule has 1 atom stereocenters. The molecule has 24 heavy (non-hydrogen) atoms. The van der Waals surface area contributed by atoms with Gasteiger partial charge in [0.1, 0.15) is 11.7 Å². The Morgan fingerprint density at radius 3 is 2.50 bits per heavy atom. The first kappa shape index (κ1) is 16.5. The zero-order chi connectivity index (χ0) is 17.1. The van der Waals surface area contributed by atoms with Gasteiger partial charge in [-0.05, 0) is 48.4 Å². The normalized spacial score (nSPS) is 17.2. The molecule has 0 spiro atoms. The summed E-state index contributed by atoms with van der Waals surface area (Å²) in [6.07, 6.45) is 0.469. The molecule has 0 aromatic heterocycles. The lowest BCUT2D eigenvalue weighted by Gasteiger charge is -2.16. The largest absolute Gasteiger partial charge is 0.351 e. The van der Waals surface area contributed by atoms with Gasteiger partial charge in [-0.1, -0.05) is 23.7 Å². The van der Waals surface area contributed by atoms with Crippen molar-refractivity contribution in [3.05, 3.63) is 64.9 Å². The molecule has 1 unspecified atom stereocenters. The molecule has 3 rings (SSSR count). The van der Waals surface area contributed by atoms with Crippen LogP contribution < -0.4 is 10.2 Å². The van der Waals surface area contributed by atoms with Crippen LogP contribution in [0.25, 0.3) is 0 Å². The maximum absolute atomic E-state index is 12.9. The molecule has 6 heteroatoms. The van der Waals surface area contributed by atoms with E-state index in [1.165, 1.54) is 12.1 Å². The summed E-state index contributed by atoms with van der Waals surface area (Å²) in [5.74, 6) is -1.54. The van der Waals surface area contributed by atoms with E-state index in [9.17, 15) is 14.0 Å². The first-order valence-corrected chi connectivity index (χ1v) is 8.01. The van der Waals surface area contributed by atoms with E-state index in [1.807, 2.05) is 0 Å². The van der Waals surface area contributed by atoms with Gasteiger partial charge in [0.25, 0.3) is 0 Å². The third-order valence-electron chi connectivity index (χ3n) is 4.04. The number of carbonyl (C=O) groups is 2. The van der Waals surface area contributed by atoms with E-state index in [-0.39, 0.29) is 24.2 Å². The molecule has 0 saturated carbocycles. The highest BCUT2D eigenvalue weighted by atomic mass is 35.5. The SMILES string of the molecule is O=C(NCc1ccc(F)cc1)C1CCN(c2ccc(Cl)cc2)C1=O. The van der Waals surface area contributed by atoms with Crippen LogP contribution in [0.4, 0.5) is 10.1 Å². The molecule has 1 fully saturated rings. The first-order chi connectivity index (χ1) is 11.5. The molecule has 0 aliphatic carbocycles. The van der Waals surface area contributed by atoms with E-state index in [4.69, 9.17) is 11.6 Å². The van der Waals surface area contributed by atoms with Crippen LogP contribution in [0.5, 0.6) is 0 Å². The highest BCUT2D eigenvalue weighted by Gasteiger charge is 2.37. The van der Waals surface area contributed by atoms with Crippen LogP contribution in [-0.2, 0) is 16.1 Å². The van der Waals surface area contributed by atoms with Crippen molar-refractivity contribution in [3.8, 4) is 0 Å². The lowest BCUT2D eigenvalue weighted by molar-refractivity contribution is -0.132. The fourth-order valence-electron chi connectivity index (χ4n) is 2.72. The van der Waals surface area contributed by atoms with Gasteiger partial charge in [-0.25, -0.2) is 4.39 Å². The van der Waals surface area contributed by atoms with Gasteiger partial charge in [-0.15, -0.1) is 0 Å². The smallest absolute Gasteiger partial charge is 0.239 e. The second kappa shape index (κ2) is 7.01. The molecule has 1 N–H and O–H groups in total. The predicted molar refractivity (Wildman–Crippen MR) is 90.2 cm³/mol. The van der Waals surface area contributed by atoms with Crippen molar-refractivity contribution in [3.63, 3.8) is 0 Å². The first-order valence-electron chi connectivity index (χ1n) is 7.64. The van der Waals surface area contributed by atoms with Crippen molar-refractivity contribution in [2.75, 3.05) is 11.4 Å². The standard InChI is InChI=1S/C18H16ClFN2O2/c19-13-3-7-15(8-4-13)22-10-9-16(18(22)24)17(23)21-11-12-1-5-14(20)6-2-12/h1-8,16H,9-11H2,(H,21,23). The summed E-state index contributed by atoms with van der Waals surface area (Å²) in [5, 5.41) is 3.34. The number of hydrogen-bond acceptors (Lipinski definition) is 2. The summed E-state index contributed by atoms with van der Waals surface area (Å²) in [7, 11) is 0. The third kappa shape index (κ3) is 3.57. The third-order valence-corrected chi connectivity index (χ3v) is 4.29. The number of rotatable bonds is 4. The molecule has 4 nitrogen and oxygen atoms in total. The molecular weight excluding hydrogens is 331 g/mol. The summed E-state index contributed by atoms with van der Waals surface area (Å²) in [4.78, 5) is 26.3. The van der Waals surface area contributed by atoms with E-state index >= 15 is 0 Å². The van der Waals surface area contributed by atoms with Gasteiger partial charge >= 0.3 is 0 Å². The summed E-state index contributed by atoms with van der Waals surface area (Å²) in [5.41, 5.74) is 1.52. The Labute approximate surface area is 144 Å². The lowest BCUT2D eigenvalue weighted by Crippen LogP contribution is -2.36. The minimum atomic E-state index is -0.693. The Kier molecular flexibility index (Phi) is 4.81. The maximum atomic E-state index is 12.9. The van der Waals surface area contributed by atoms with Crippen molar-refractivity contribution in [2.45, 2.75) is 13.0 Å². The minimum Gasteiger partial charge on any atom is -0.351 e. The number of anilines is 1. The monoisotopic (exact) mass is 346 g/mol. The molecule has 124 valence electrons. The summed E-state index contributed by atoms with van der Waals surface area (Å²) in [6, 6.07) is 12.8. The average Bonchev–Trinajstić information content (AvgIpc) is 2.96. The quantitative estimate of drug-likeness (QED) is 0.865. The van der Waals surface area contributed by atoms with Crippen molar-refractivity contribution in [1.82, 2.24) is 5.32 Å². The molecule has 1 heterocycles. The highest BCUT2D eigenvalue weighted by Crippen LogP contribution is 2.26. The summed E-state index contributed by atoms with van der Waals surface area (Å²) < 4.78 is 12.9. The lowest BCUT2D eigenvalue weighted by atomic mass is 10.1. The van der Waals surface area contributed by atoms with Crippen molar-refractivity contribution >= 4 is 29.1 Å². The van der Waals surface area contributed by atoms with Gasteiger partial charge in [0.2, 0.25) is 11.8 Å². The molecule has 0 radical (unpaired) electrons. The van der Waals surface area contributed by atoms with Crippen LogP contribution >= 0.6 is 11.6 Å². The molecule has 1 saturated heterocycles. The molecular formula is C18H16ClFN2O2. The van der Waals surface area contributed by atoms with Gasteiger partial charge in [-0.2, -0.15) is 0 Å². The van der Waals surface area contributed by atoms with E-state index < -0.39 is 5.92 Å². The Morgan fingerprint density at radius 1 is 1.17 bits per heavy atom. The van der Waals surface area contributed by atoms with Crippen LogP contribution in [0.2, 0.25) is 5.02 Å². The number of hydrogen-bond donors (Lipinski definition) is 1. The van der Waals surface area contributed by atoms with Gasteiger partial charge in [0, 0.05) is 23.8 Å². The van der Waals surface area contributed by atoms with Crippen LogP contribution in [0.1, 0.15) is 12.0 Å². The van der Waals surface area contributed by atoms with Crippen LogP contribution in [0, 0.1) is 11.7 Å². The number of nitrogens with one attached hydrogen (secondary N) is 1. The Morgan fingerprint density at radius 2 is 1.83 bits per heavy atom. The highest BCUT2D eigenvalue weighted by molar-refractivity contribution is 6.30. The zero-order valence-corrected chi connectivity index (χ0v) is 13.6. The number of amides is 2. The maximum Gasteiger partial charge on any atom is 0.239 e. The topological polar surface area (TPSA) is 49.4 Å². The van der Waals surface area contributed by atoms with E-state index in [0.29, 0.717) is 18.0 Å². The molecule has 1 aliphatic heterocycles. The van der Waals surface area contributed by atoms with Crippen molar-refractivity contribution in [2.24, 2.45) is 5.92 Å². The second-order valence-electron chi connectivity index (χ2n) is 5.65. The molecule has 1 aliphatic rings. The van der Waals surface area contributed by atoms with Crippen LogP contribution in [-0.4, -0.2) is 18.4 Å². The van der Waals surface area contributed by atoms with Gasteiger partial charge in [-0.3, -0.25) is 9.59 Å². The van der Waals surface area contributed by atoms with Crippen molar-refractivity contribution < 1.29 is 14.0 Å². The summed E-state index contributed by atoms with van der Waals surface area (Å²) in [6.45, 7) is 0.763. The Balaban J connectivity index is 1.61. The Bertz CT molecular complexity index is 747. The van der Waals surface area contributed by atoms with Crippen LogP contribution in [0.3, 0.4) is 0 Å². The van der Waals surface area contributed by atoms with Gasteiger partial charge in [0.15, 0.2) is 0 Å². The summed E-state index contributed by atoms with van der Waals surface area (Å²) >= 11 is 5.85.